The SMILES string of the molecule is CC1(C)c2ccccc2-c2c(N(c3ccc4c(c3)oc3cc5oc(-c6ccccc6)nc5cc34)c3ccc4oc5ccccc5c4c3)cccc21. The van der Waals surface area contributed by atoms with Gasteiger partial charge in [0.1, 0.15) is 27.8 Å². The van der Waals surface area contributed by atoms with Gasteiger partial charge in [0, 0.05) is 61.6 Å². The first-order valence-electron chi connectivity index (χ1n) is 17.3. The number of rotatable bonds is 4. The minimum absolute atomic E-state index is 0.133. The van der Waals surface area contributed by atoms with Crippen molar-refractivity contribution < 1.29 is 13.3 Å². The monoisotopic (exact) mass is 658 g/mol. The molecule has 11 rings (SSSR count). The number of fused-ring (bicyclic) bond motifs is 10. The molecule has 0 fully saturated rings. The summed E-state index contributed by atoms with van der Waals surface area (Å²) in [6.45, 7) is 4.65. The van der Waals surface area contributed by atoms with Gasteiger partial charge in [-0.1, -0.05) is 86.6 Å². The second kappa shape index (κ2) is 10.2. The molecule has 242 valence electrons. The van der Waals surface area contributed by atoms with Crippen molar-refractivity contribution >= 4 is 72.0 Å². The van der Waals surface area contributed by atoms with Gasteiger partial charge in [0.2, 0.25) is 5.89 Å². The summed E-state index contributed by atoms with van der Waals surface area (Å²) >= 11 is 0. The van der Waals surface area contributed by atoms with Crippen molar-refractivity contribution in [1.29, 1.82) is 0 Å². The van der Waals surface area contributed by atoms with Gasteiger partial charge in [-0.25, -0.2) is 4.98 Å². The minimum atomic E-state index is -0.133. The predicted molar refractivity (Wildman–Crippen MR) is 206 cm³/mol. The van der Waals surface area contributed by atoms with Gasteiger partial charge in [0.05, 0.1) is 5.69 Å². The summed E-state index contributed by atoms with van der Waals surface area (Å²) in [5.74, 6) is 0.600. The molecule has 3 aromatic heterocycles. The van der Waals surface area contributed by atoms with E-state index in [1.807, 2.05) is 48.5 Å². The maximum atomic E-state index is 6.61. The van der Waals surface area contributed by atoms with Crippen LogP contribution in [0.2, 0.25) is 0 Å². The molecule has 0 bridgehead atoms. The van der Waals surface area contributed by atoms with E-state index in [0.29, 0.717) is 11.5 Å². The van der Waals surface area contributed by atoms with Crippen LogP contribution in [0, 0.1) is 0 Å². The second-order valence-corrected chi connectivity index (χ2v) is 14.0. The van der Waals surface area contributed by atoms with Crippen LogP contribution in [-0.2, 0) is 5.41 Å². The van der Waals surface area contributed by atoms with E-state index in [4.69, 9.17) is 18.2 Å². The maximum Gasteiger partial charge on any atom is 0.227 e. The minimum Gasteiger partial charge on any atom is -0.456 e. The quantitative estimate of drug-likeness (QED) is 0.188. The molecule has 5 heteroatoms. The summed E-state index contributed by atoms with van der Waals surface area (Å²) in [6.07, 6.45) is 0. The molecule has 3 heterocycles. The summed E-state index contributed by atoms with van der Waals surface area (Å²) in [5, 5.41) is 4.21. The van der Waals surface area contributed by atoms with Crippen LogP contribution < -0.4 is 4.90 Å². The predicted octanol–water partition coefficient (Wildman–Crippen LogP) is 13.1. The highest BCUT2D eigenvalue weighted by molar-refractivity contribution is 6.11. The third kappa shape index (κ3) is 4.06. The highest BCUT2D eigenvalue weighted by Crippen LogP contribution is 2.54. The van der Waals surface area contributed by atoms with Crippen LogP contribution in [0.5, 0.6) is 0 Å². The number of nitrogens with zero attached hydrogens (tertiary/aromatic N) is 2. The average molecular weight is 659 g/mol. The largest absolute Gasteiger partial charge is 0.456 e. The van der Waals surface area contributed by atoms with Gasteiger partial charge in [-0.2, -0.15) is 0 Å². The Labute approximate surface area is 293 Å². The van der Waals surface area contributed by atoms with Gasteiger partial charge >= 0.3 is 0 Å². The van der Waals surface area contributed by atoms with Crippen LogP contribution in [0.25, 0.3) is 77.6 Å². The fourth-order valence-corrected chi connectivity index (χ4v) is 8.23. The third-order valence-electron chi connectivity index (χ3n) is 10.7. The first kappa shape index (κ1) is 28.3. The first-order chi connectivity index (χ1) is 25.0. The summed E-state index contributed by atoms with van der Waals surface area (Å²) in [6, 6.07) is 50.8. The number of oxazole rings is 1. The van der Waals surface area contributed by atoms with Crippen LogP contribution in [0.3, 0.4) is 0 Å². The molecule has 1 aliphatic carbocycles. The number of hydrogen-bond donors (Lipinski definition) is 0. The Morgan fingerprint density at radius 3 is 2.10 bits per heavy atom. The fraction of sp³-hybridized carbons (Fsp3) is 0.0652. The molecule has 0 amide bonds. The van der Waals surface area contributed by atoms with E-state index in [-0.39, 0.29) is 5.41 Å². The molecule has 0 N–H and O–H groups in total. The van der Waals surface area contributed by atoms with Crippen molar-refractivity contribution in [2.24, 2.45) is 0 Å². The average Bonchev–Trinajstić information content (AvgIpc) is 3.91. The van der Waals surface area contributed by atoms with Gasteiger partial charge in [-0.3, -0.25) is 0 Å². The molecular formula is C46H30N2O3. The number of benzene rings is 7. The summed E-state index contributed by atoms with van der Waals surface area (Å²) < 4.78 is 19.1. The Morgan fingerprint density at radius 2 is 1.18 bits per heavy atom. The number of hydrogen-bond acceptors (Lipinski definition) is 5. The van der Waals surface area contributed by atoms with Crippen LogP contribution in [0.4, 0.5) is 17.1 Å². The number of anilines is 3. The van der Waals surface area contributed by atoms with Gasteiger partial charge in [-0.05, 0) is 77.4 Å². The van der Waals surface area contributed by atoms with Gasteiger partial charge in [-0.15, -0.1) is 0 Å². The van der Waals surface area contributed by atoms with Crippen molar-refractivity contribution in [3.05, 3.63) is 157 Å². The normalized spacial score (nSPS) is 13.5. The molecule has 0 unspecified atom stereocenters. The van der Waals surface area contributed by atoms with E-state index < -0.39 is 0 Å². The molecule has 0 saturated carbocycles. The summed E-state index contributed by atoms with van der Waals surface area (Å²) in [7, 11) is 0. The summed E-state index contributed by atoms with van der Waals surface area (Å²) in [5.41, 5.74) is 13.9. The molecule has 0 saturated heterocycles. The van der Waals surface area contributed by atoms with Crippen molar-refractivity contribution in [2.75, 3.05) is 4.90 Å². The zero-order chi connectivity index (χ0) is 33.8. The Morgan fingerprint density at radius 1 is 0.490 bits per heavy atom. The molecule has 0 atom stereocenters. The van der Waals surface area contributed by atoms with Crippen LogP contribution in [0.15, 0.2) is 159 Å². The van der Waals surface area contributed by atoms with Gasteiger partial charge < -0.3 is 18.2 Å². The molecule has 0 spiro atoms. The number of furan rings is 2. The molecular weight excluding hydrogens is 629 g/mol. The Bertz CT molecular complexity index is 3020. The molecule has 7 aromatic carbocycles. The molecule has 0 aliphatic heterocycles. The Kier molecular flexibility index (Phi) is 5.66. The van der Waals surface area contributed by atoms with Crippen molar-refractivity contribution in [3.8, 4) is 22.6 Å². The zero-order valence-corrected chi connectivity index (χ0v) is 28.0. The van der Waals surface area contributed by atoms with Crippen LogP contribution in [0.1, 0.15) is 25.0 Å². The lowest BCUT2D eigenvalue weighted by Crippen LogP contribution is -2.16. The highest BCUT2D eigenvalue weighted by Gasteiger charge is 2.37. The standard InChI is InChI=1S/C46H30N2O3/c1-46(2)35-15-8-6-14-32(35)44-36(46)16-10-17-38(44)48(28-20-22-40-33(23-28)30-13-7-9-18-39(30)49-40)29-19-21-31-34-25-37-43(26-42(34)50-41(31)24-29)51-45(47-37)27-11-4-3-5-12-27/h3-26H,1-2H3. The third-order valence-corrected chi connectivity index (χ3v) is 10.7. The molecule has 10 aromatic rings. The molecule has 0 radical (unpaired) electrons. The van der Waals surface area contributed by atoms with Gasteiger partial charge in [0.25, 0.3) is 0 Å². The van der Waals surface area contributed by atoms with Crippen molar-refractivity contribution in [1.82, 2.24) is 4.98 Å². The topological polar surface area (TPSA) is 55.6 Å². The number of aromatic nitrogens is 1. The van der Waals surface area contributed by atoms with E-state index in [0.717, 1.165) is 72.0 Å². The zero-order valence-electron chi connectivity index (χ0n) is 28.0. The molecule has 1 aliphatic rings. The number of para-hydroxylation sites is 1. The molecule has 51 heavy (non-hydrogen) atoms. The van der Waals surface area contributed by atoms with E-state index in [1.54, 1.807) is 0 Å². The van der Waals surface area contributed by atoms with E-state index in [9.17, 15) is 0 Å². The van der Waals surface area contributed by atoms with Crippen LogP contribution in [-0.4, -0.2) is 4.98 Å². The second-order valence-electron chi connectivity index (χ2n) is 14.0. The smallest absolute Gasteiger partial charge is 0.227 e. The van der Waals surface area contributed by atoms with Crippen molar-refractivity contribution in [3.63, 3.8) is 0 Å². The lowest BCUT2D eigenvalue weighted by Gasteiger charge is -2.29. The van der Waals surface area contributed by atoms with Gasteiger partial charge in [0.15, 0.2) is 5.58 Å². The van der Waals surface area contributed by atoms with E-state index in [2.05, 4.69) is 116 Å². The first-order valence-corrected chi connectivity index (χ1v) is 17.3. The van der Waals surface area contributed by atoms with Crippen LogP contribution >= 0.6 is 0 Å². The maximum absolute atomic E-state index is 6.61. The Hall–Kier alpha value is -6.59. The molecule has 5 nitrogen and oxygen atoms in total. The summed E-state index contributed by atoms with van der Waals surface area (Å²) in [4.78, 5) is 7.19. The fourth-order valence-electron chi connectivity index (χ4n) is 8.23. The van der Waals surface area contributed by atoms with E-state index >= 15 is 0 Å². The highest BCUT2D eigenvalue weighted by atomic mass is 16.4. The lowest BCUT2D eigenvalue weighted by molar-refractivity contribution is 0.617. The lowest BCUT2D eigenvalue weighted by atomic mass is 9.82. The van der Waals surface area contributed by atoms with Crippen molar-refractivity contribution in [2.45, 2.75) is 19.3 Å². The Balaban J connectivity index is 1.13. The van der Waals surface area contributed by atoms with E-state index in [1.165, 1.54) is 22.3 Å².